The molecule has 0 amide bonds. The van der Waals surface area contributed by atoms with Crippen LogP contribution in [0.2, 0.25) is 0 Å². The third-order valence-corrected chi connectivity index (χ3v) is 5.72. The van der Waals surface area contributed by atoms with E-state index in [1.165, 1.54) is 16.7 Å². The van der Waals surface area contributed by atoms with E-state index >= 15 is 0 Å². The van der Waals surface area contributed by atoms with Crippen molar-refractivity contribution in [2.24, 2.45) is 0 Å². The molecule has 2 heterocycles. The molecule has 0 radical (unpaired) electrons. The van der Waals surface area contributed by atoms with Crippen LogP contribution < -0.4 is 10.3 Å². The van der Waals surface area contributed by atoms with Gasteiger partial charge in [0.15, 0.2) is 0 Å². The fourth-order valence-electron chi connectivity index (χ4n) is 3.96. The van der Waals surface area contributed by atoms with Crippen molar-refractivity contribution in [3.8, 4) is 17.1 Å². The second-order valence-electron chi connectivity index (χ2n) is 7.91. The zero-order valence-corrected chi connectivity index (χ0v) is 17.5. The highest BCUT2D eigenvalue weighted by atomic mass is 16.5. The Bertz CT molecular complexity index is 1100. The number of hydrogen-bond acceptors (Lipinski definition) is 4. The molecule has 0 saturated carbocycles. The van der Waals surface area contributed by atoms with E-state index in [2.05, 4.69) is 35.9 Å². The number of benzene rings is 2. The van der Waals surface area contributed by atoms with E-state index in [1.807, 2.05) is 31.2 Å². The molecular weight excluding hydrogens is 362 g/mol. The Morgan fingerprint density at radius 2 is 1.86 bits per heavy atom. The predicted octanol–water partition coefficient (Wildman–Crippen LogP) is 3.93. The molecule has 5 heteroatoms. The standard InChI is InChI=1S/C24H27N3O2/c1-15-5-7-18(8-6-15)23-25-21-14-27(10-9-20(21)24(28)26-23)13-19-11-17(3)22(29-4)12-16(19)2/h5-8,11-12H,9-10,13-14H2,1-4H3,(H,25,26,28). The van der Waals surface area contributed by atoms with Crippen LogP contribution >= 0.6 is 0 Å². The fraction of sp³-hybridized carbons (Fsp3) is 0.333. The van der Waals surface area contributed by atoms with E-state index in [0.29, 0.717) is 12.4 Å². The summed E-state index contributed by atoms with van der Waals surface area (Å²) >= 11 is 0. The van der Waals surface area contributed by atoms with Crippen molar-refractivity contribution >= 4 is 0 Å². The zero-order chi connectivity index (χ0) is 20.5. The fourth-order valence-corrected chi connectivity index (χ4v) is 3.96. The second-order valence-corrected chi connectivity index (χ2v) is 7.91. The molecule has 2 aromatic carbocycles. The molecule has 0 spiro atoms. The Morgan fingerprint density at radius 1 is 1.10 bits per heavy atom. The largest absolute Gasteiger partial charge is 0.496 e. The number of aromatic amines is 1. The number of nitrogens with zero attached hydrogens (tertiary/aromatic N) is 2. The summed E-state index contributed by atoms with van der Waals surface area (Å²) in [6, 6.07) is 12.4. The maximum Gasteiger partial charge on any atom is 0.254 e. The number of methoxy groups -OCH3 is 1. The van der Waals surface area contributed by atoms with E-state index in [4.69, 9.17) is 9.72 Å². The van der Waals surface area contributed by atoms with Crippen LogP contribution in [0.5, 0.6) is 5.75 Å². The van der Waals surface area contributed by atoms with Crippen LogP contribution in [0.3, 0.4) is 0 Å². The highest BCUT2D eigenvalue weighted by Gasteiger charge is 2.22. The molecule has 0 aliphatic carbocycles. The number of H-pyrrole nitrogens is 1. The summed E-state index contributed by atoms with van der Waals surface area (Å²) in [5.74, 6) is 1.57. The predicted molar refractivity (Wildman–Crippen MR) is 115 cm³/mol. The maximum absolute atomic E-state index is 12.6. The van der Waals surface area contributed by atoms with Gasteiger partial charge in [-0.05, 0) is 49.9 Å². The van der Waals surface area contributed by atoms with Crippen molar-refractivity contribution in [3.05, 3.63) is 80.3 Å². The summed E-state index contributed by atoms with van der Waals surface area (Å²) in [4.78, 5) is 22.8. The van der Waals surface area contributed by atoms with Gasteiger partial charge in [0, 0.05) is 30.8 Å². The molecule has 1 aliphatic heterocycles. The molecular formula is C24H27N3O2. The van der Waals surface area contributed by atoms with Gasteiger partial charge in [-0.15, -0.1) is 0 Å². The number of nitrogens with one attached hydrogen (secondary N) is 1. The average molecular weight is 389 g/mol. The number of aryl methyl sites for hydroxylation is 3. The minimum atomic E-state index is -0.0123. The third-order valence-electron chi connectivity index (χ3n) is 5.72. The van der Waals surface area contributed by atoms with Gasteiger partial charge in [-0.3, -0.25) is 9.69 Å². The van der Waals surface area contributed by atoms with Gasteiger partial charge in [0.1, 0.15) is 11.6 Å². The second kappa shape index (κ2) is 7.84. The first kappa shape index (κ1) is 19.4. The lowest BCUT2D eigenvalue weighted by molar-refractivity contribution is 0.240. The van der Waals surface area contributed by atoms with Gasteiger partial charge < -0.3 is 9.72 Å². The zero-order valence-electron chi connectivity index (χ0n) is 17.5. The van der Waals surface area contributed by atoms with Crippen LogP contribution in [-0.4, -0.2) is 28.5 Å². The molecule has 1 N–H and O–H groups in total. The summed E-state index contributed by atoms with van der Waals surface area (Å²) in [5.41, 5.74) is 7.47. The van der Waals surface area contributed by atoms with Gasteiger partial charge in [-0.1, -0.05) is 35.9 Å². The lowest BCUT2D eigenvalue weighted by atomic mass is 10.0. The Labute approximate surface area is 171 Å². The minimum absolute atomic E-state index is 0.0123. The van der Waals surface area contributed by atoms with Gasteiger partial charge >= 0.3 is 0 Å². The normalized spacial score (nSPS) is 13.9. The van der Waals surface area contributed by atoms with Crippen LogP contribution in [0.15, 0.2) is 41.2 Å². The van der Waals surface area contributed by atoms with Crippen LogP contribution in [0, 0.1) is 20.8 Å². The molecule has 1 aliphatic rings. The Morgan fingerprint density at radius 3 is 2.59 bits per heavy atom. The SMILES string of the molecule is COc1cc(C)c(CN2CCc3c(nc(-c4ccc(C)cc4)[nH]c3=O)C2)cc1C. The first-order chi connectivity index (χ1) is 13.9. The first-order valence-corrected chi connectivity index (χ1v) is 10.00. The molecule has 1 aromatic heterocycles. The minimum Gasteiger partial charge on any atom is -0.496 e. The summed E-state index contributed by atoms with van der Waals surface area (Å²) < 4.78 is 5.43. The molecule has 5 nitrogen and oxygen atoms in total. The van der Waals surface area contributed by atoms with Gasteiger partial charge in [-0.25, -0.2) is 4.98 Å². The third kappa shape index (κ3) is 3.96. The van der Waals surface area contributed by atoms with E-state index in [0.717, 1.165) is 47.6 Å². The molecule has 29 heavy (non-hydrogen) atoms. The van der Waals surface area contributed by atoms with Crippen LogP contribution in [0.4, 0.5) is 0 Å². The lowest BCUT2D eigenvalue weighted by Crippen LogP contribution is -2.35. The number of hydrogen-bond donors (Lipinski definition) is 1. The summed E-state index contributed by atoms with van der Waals surface area (Å²) in [7, 11) is 1.71. The highest BCUT2D eigenvalue weighted by molar-refractivity contribution is 5.55. The Kier molecular flexibility index (Phi) is 5.24. The number of aromatic nitrogens is 2. The quantitative estimate of drug-likeness (QED) is 0.735. The van der Waals surface area contributed by atoms with Crippen LogP contribution in [0.1, 0.15) is 33.5 Å². The van der Waals surface area contributed by atoms with E-state index in [9.17, 15) is 4.79 Å². The molecule has 0 atom stereocenters. The molecule has 4 rings (SSSR count). The van der Waals surface area contributed by atoms with Crippen molar-refractivity contribution in [1.29, 1.82) is 0 Å². The molecule has 0 unspecified atom stereocenters. The number of rotatable bonds is 4. The van der Waals surface area contributed by atoms with E-state index in [-0.39, 0.29) is 5.56 Å². The van der Waals surface area contributed by atoms with Crippen molar-refractivity contribution in [2.45, 2.75) is 40.3 Å². The van der Waals surface area contributed by atoms with E-state index in [1.54, 1.807) is 7.11 Å². The van der Waals surface area contributed by atoms with Crippen molar-refractivity contribution in [1.82, 2.24) is 14.9 Å². The number of fused-ring (bicyclic) bond motifs is 1. The van der Waals surface area contributed by atoms with Crippen LogP contribution in [0.25, 0.3) is 11.4 Å². The van der Waals surface area contributed by atoms with Crippen LogP contribution in [-0.2, 0) is 19.5 Å². The van der Waals surface area contributed by atoms with Gasteiger partial charge in [0.25, 0.3) is 5.56 Å². The lowest BCUT2D eigenvalue weighted by Gasteiger charge is -2.28. The molecule has 150 valence electrons. The summed E-state index contributed by atoms with van der Waals surface area (Å²) in [5, 5.41) is 0. The highest BCUT2D eigenvalue weighted by Crippen LogP contribution is 2.25. The van der Waals surface area contributed by atoms with Gasteiger partial charge in [-0.2, -0.15) is 0 Å². The average Bonchev–Trinajstić information content (AvgIpc) is 2.70. The Hall–Kier alpha value is -2.92. The van der Waals surface area contributed by atoms with E-state index < -0.39 is 0 Å². The topological polar surface area (TPSA) is 58.2 Å². The molecule has 0 saturated heterocycles. The van der Waals surface area contributed by atoms with Crippen molar-refractivity contribution < 1.29 is 4.74 Å². The smallest absolute Gasteiger partial charge is 0.254 e. The maximum atomic E-state index is 12.6. The Balaban J connectivity index is 1.60. The van der Waals surface area contributed by atoms with Crippen molar-refractivity contribution in [2.75, 3.05) is 13.7 Å². The summed E-state index contributed by atoms with van der Waals surface area (Å²) in [6.45, 7) is 8.61. The molecule has 0 bridgehead atoms. The summed E-state index contributed by atoms with van der Waals surface area (Å²) in [6.07, 6.45) is 0.722. The molecule has 3 aromatic rings. The molecule has 0 fully saturated rings. The first-order valence-electron chi connectivity index (χ1n) is 10.00. The monoisotopic (exact) mass is 389 g/mol. The van der Waals surface area contributed by atoms with Gasteiger partial charge in [0.2, 0.25) is 0 Å². The number of ether oxygens (including phenoxy) is 1. The van der Waals surface area contributed by atoms with Gasteiger partial charge in [0.05, 0.1) is 12.8 Å². The van der Waals surface area contributed by atoms with Crippen molar-refractivity contribution in [3.63, 3.8) is 0 Å².